The Kier molecular flexibility index (Phi) is 5.10. The maximum absolute atomic E-state index is 4.42. The van der Waals surface area contributed by atoms with E-state index in [0.717, 1.165) is 22.5 Å². The van der Waals surface area contributed by atoms with Crippen molar-refractivity contribution in [2.24, 2.45) is 15.3 Å². The van der Waals surface area contributed by atoms with Gasteiger partial charge in [-0.3, -0.25) is 5.43 Å². The monoisotopic (exact) mass is 314 g/mol. The number of anilines is 1. The molecule has 0 aliphatic heterocycles. The molecule has 4 heteroatoms. The van der Waals surface area contributed by atoms with Crippen LogP contribution in [0.2, 0.25) is 0 Å². The molecule has 1 N–H and O–H groups in total. The zero-order valence-electron chi connectivity index (χ0n) is 13.4. The molecule has 0 aromatic heterocycles. The minimum atomic E-state index is 0.530. The second kappa shape index (κ2) is 7.83. The van der Waals surface area contributed by atoms with E-state index < -0.39 is 0 Å². The van der Waals surface area contributed by atoms with Gasteiger partial charge < -0.3 is 0 Å². The van der Waals surface area contributed by atoms with Crippen LogP contribution in [-0.2, 0) is 0 Å². The Morgan fingerprint density at radius 3 is 2.08 bits per heavy atom. The zero-order chi connectivity index (χ0) is 16.6. The van der Waals surface area contributed by atoms with Crippen LogP contribution in [0.3, 0.4) is 0 Å². The smallest absolute Gasteiger partial charge is 0.201 e. The lowest BCUT2D eigenvalue weighted by molar-refractivity contribution is 1.21. The first-order chi connectivity index (χ1) is 11.8. The van der Waals surface area contributed by atoms with Crippen molar-refractivity contribution >= 4 is 17.2 Å². The Morgan fingerprint density at radius 1 is 0.750 bits per heavy atom. The number of hydrazone groups is 1. The number of amidine groups is 1. The molecule has 0 radical (unpaired) electrons. The van der Waals surface area contributed by atoms with Gasteiger partial charge in [-0.2, -0.15) is 5.10 Å². The zero-order valence-corrected chi connectivity index (χ0v) is 13.4. The summed E-state index contributed by atoms with van der Waals surface area (Å²) >= 11 is 0. The Morgan fingerprint density at radius 2 is 1.38 bits per heavy atom. The van der Waals surface area contributed by atoms with Crippen LogP contribution in [-0.4, -0.2) is 5.84 Å². The summed E-state index contributed by atoms with van der Waals surface area (Å²) in [5.41, 5.74) is 6.74. The molecule has 0 aliphatic rings. The molecule has 0 saturated carbocycles. The average Bonchev–Trinajstić information content (AvgIpc) is 2.65. The van der Waals surface area contributed by atoms with Gasteiger partial charge in [0.25, 0.3) is 0 Å². The number of aryl methyl sites for hydroxylation is 1. The second-order valence-corrected chi connectivity index (χ2v) is 5.27. The average molecular weight is 314 g/mol. The Balaban J connectivity index is 1.89. The largest absolute Gasteiger partial charge is 0.276 e. The Hall–Kier alpha value is -3.27. The normalized spacial score (nSPS) is 11.6. The van der Waals surface area contributed by atoms with Crippen LogP contribution in [0, 0.1) is 6.92 Å². The summed E-state index contributed by atoms with van der Waals surface area (Å²) in [5, 5.41) is 13.1. The summed E-state index contributed by atoms with van der Waals surface area (Å²) < 4.78 is 0. The summed E-state index contributed by atoms with van der Waals surface area (Å²) in [7, 11) is 0. The molecule has 24 heavy (non-hydrogen) atoms. The van der Waals surface area contributed by atoms with Crippen molar-refractivity contribution in [3.63, 3.8) is 0 Å². The van der Waals surface area contributed by atoms with Crippen molar-refractivity contribution in [3.8, 4) is 0 Å². The number of benzene rings is 3. The third kappa shape index (κ3) is 4.14. The van der Waals surface area contributed by atoms with Crippen molar-refractivity contribution < 1.29 is 0 Å². The van der Waals surface area contributed by atoms with Gasteiger partial charge in [0.05, 0.1) is 11.4 Å². The van der Waals surface area contributed by atoms with Gasteiger partial charge >= 0.3 is 0 Å². The lowest BCUT2D eigenvalue weighted by atomic mass is 10.2. The first-order valence-corrected chi connectivity index (χ1v) is 7.74. The van der Waals surface area contributed by atoms with E-state index in [4.69, 9.17) is 0 Å². The molecule has 118 valence electrons. The maximum Gasteiger partial charge on any atom is 0.201 e. The molecule has 0 spiro atoms. The first-order valence-electron chi connectivity index (χ1n) is 7.74. The highest BCUT2D eigenvalue weighted by Crippen LogP contribution is 2.18. The number of nitrogens with one attached hydrogen (secondary N) is 1. The van der Waals surface area contributed by atoms with Gasteiger partial charge in [-0.15, -0.1) is 10.2 Å². The highest BCUT2D eigenvalue weighted by atomic mass is 15.3. The van der Waals surface area contributed by atoms with E-state index in [-0.39, 0.29) is 0 Å². The molecule has 3 aromatic rings. The van der Waals surface area contributed by atoms with Crippen LogP contribution in [0.25, 0.3) is 0 Å². The quantitative estimate of drug-likeness (QED) is 0.292. The predicted molar refractivity (Wildman–Crippen MR) is 98.7 cm³/mol. The molecule has 0 saturated heterocycles. The highest BCUT2D eigenvalue weighted by Gasteiger charge is 2.03. The fourth-order valence-electron chi connectivity index (χ4n) is 2.14. The summed E-state index contributed by atoms with van der Waals surface area (Å²) in [5.74, 6) is 0.530. The van der Waals surface area contributed by atoms with E-state index in [0.29, 0.717) is 5.84 Å². The number of hydrogen-bond donors (Lipinski definition) is 1. The van der Waals surface area contributed by atoms with Crippen LogP contribution in [0.4, 0.5) is 11.4 Å². The maximum atomic E-state index is 4.42. The molecule has 0 heterocycles. The van der Waals surface area contributed by atoms with Gasteiger partial charge in [0, 0.05) is 5.56 Å². The van der Waals surface area contributed by atoms with E-state index in [2.05, 4.69) is 20.8 Å². The third-order valence-electron chi connectivity index (χ3n) is 3.46. The van der Waals surface area contributed by atoms with Crippen molar-refractivity contribution in [2.75, 3.05) is 5.43 Å². The number of hydrogen-bond acceptors (Lipinski definition) is 3. The molecule has 0 aliphatic carbocycles. The minimum Gasteiger partial charge on any atom is -0.276 e. The molecule has 3 aromatic carbocycles. The second-order valence-electron chi connectivity index (χ2n) is 5.27. The van der Waals surface area contributed by atoms with E-state index in [1.54, 1.807) is 0 Å². The van der Waals surface area contributed by atoms with Crippen molar-refractivity contribution in [1.29, 1.82) is 0 Å². The minimum absolute atomic E-state index is 0.530. The SMILES string of the molecule is Cc1ccccc1N=N/C(=N\Nc1ccccc1)c1ccccc1. The lowest BCUT2D eigenvalue weighted by Crippen LogP contribution is -2.01. The van der Waals surface area contributed by atoms with Crippen molar-refractivity contribution in [3.05, 3.63) is 96.1 Å². The number of rotatable bonds is 4. The molecule has 3 rings (SSSR count). The van der Waals surface area contributed by atoms with Crippen molar-refractivity contribution in [2.45, 2.75) is 6.92 Å². The Labute approximate surface area is 141 Å². The van der Waals surface area contributed by atoms with Crippen LogP contribution in [0.5, 0.6) is 0 Å². The standard InChI is InChI=1S/C20H18N4/c1-16-10-8-9-15-19(16)22-24-20(17-11-4-2-5-12-17)23-21-18-13-6-3-7-14-18/h2-15,21H,1H3/b23-20-,24-22?. The fourth-order valence-corrected chi connectivity index (χ4v) is 2.14. The topological polar surface area (TPSA) is 49.1 Å². The first kappa shape index (κ1) is 15.6. The molecule has 0 atom stereocenters. The van der Waals surface area contributed by atoms with Crippen LogP contribution >= 0.6 is 0 Å². The van der Waals surface area contributed by atoms with Crippen LogP contribution in [0.1, 0.15) is 11.1 Å². The van der Waals surface area contributed by atoms with Crippen molar-refractivity contribution in [1.82, 2.24) is 0 Å². The predicted octanol–water partition coefficient (Wildman–Crippen LogP) is 5.55. The number of nitrogens with zero attached hydrogens (tertiary/aromatic N) is 3. The van der Waals surface area contributed by atoms with E-state index in [1.165, 1.54) is 0 Å². The van der Waals surface area contributed by atoms with E-state index in [1.807, 2.05) is 91.9 Å². The molecule has 0 unspecified atom stereocenters. The summed E-state index contributed by atoms with van der Waals surface area (Å²) in [6, 6.07) is 27.4. The highest BCUT2D eigenvalue weighted by molar-refractivity contribution is 5.99. The lowest BCUT2D eigenvalue weighted by Gasteiger charge is -2.03. The van der Waals surface area contributed by atoms with Gasteiger partial charge in [0.2, 0.25) is 5.84 Å². The number of para-hydroxylation sites is 1. The van der Waals surface area contributed by atoms with E-state index in [9.17, 15) is 0 Å². The van der Waals surface area contributed by atoms with E-state index >= 15 is 0 Å². The molecular weight excluding hydrogens is 296 g/mol. The van der Waals surface area contributed by atoms with Crippen LogP contribution in [0.15, 0.2) is 100 Å². The molecule has 0 bridgehead atoms. The van der Waals surface area contributed by atoms with Crippen LogP contribution < -0.4 is 5.43 Å². The third-order valence-corrected chi connectivity index (χ3v) is 3.46. The Bertz CT molecular complexity index is 840. The molecule has 4 nitrogen and oxygen atoms in total. The molecule has 0 fully saturated rings. The number of azo groups is 1. The summed E-state index contributed by atoms with van der Waals surface area (Å²) in [4.78, 5) is 0. The van der Waals surface area contributed by atoms with Gasteiger partial charge in [-0.1, -0.05) is 66.7 Å². The molecule has 0 amide bonds. The van der Waals surface area contributed by atoms with Gasteiger partial charge in [-0.25, -0.2) is 0 Å². The fraction of sp³-hybridized carbons (Fsp3) is 0.0500. The van der Waals surface area contributed by atoms with Gasteiger partial charge in [-0.05, 0) is 30.7 Å². The van der Waals surface area contributed by atoms with Gasteiger partial charge in [0.15, 0.2) is 0 Å². The molecular formula is C20H18N4. The summed E-state index contributed by atoms with van der Waals surface area (Å²) in [6.07, 6.45) is 0. The van der Waals surface area contributed by atoms with Gasteiger partial charge in [0.1, 0.15) is 0 Å². The summed E-state index contributed by atoms with van der Waals surface area (Å²) in [6.45, 7) is 2.01.